The summed E-state index contributed by atoms with van der Waals surface area (Å²) in [5.41, 5.74) is 7.12. The van der Waals surface area contributed by atoms with Gasteiger partial charge in [0.1, 0.15) is 11.5 Å². The molecular weight excluding hydrogens is 296 g/mol. The Kier molecular flexibility index (Phi) is 3.99. The van der Waals surface area contributed by atoms with Crippen LogP contribution in [0.3, 0.4) is 0 Å². The summed E-state index contributed by atoms with van der Waals surface area (Å²) in [4.78, 5) is 18.5. The van der Waals surface area contributed by atoms with Crippen molar-refractivity contribution in [1.29, 1.82) is 0 Å². The molecule has 1 amide bonds. The second-order valence-corrected chi connectivity index (χ2v) is 4.76. The van der Waals surface area contributed by atoms with E-state index in [4.69, 9.17) is 5.73 Å². The summed E-state index contributed by atoms with van der Waals surface area (Å²) in [7, 11) is 0. The average molecular weight is 309 g/mol. The predicted octanol–water partition coefficient (Wildman–Crippen LogP) is 1.71. The van der Waals surface area contributed by atoms with Crippen LogP contribution < -0.4 is 11.1 Å². The van der Waals surface area contributed by atoms with E-state index in [1.54, 1.807) is 18.5 Å². The Morgan fingerprint density at radius 1 is 1.67 bits per heavy atom. The van der Waals surface area contributed by atoms with Gasteiger partial charge in [0.2, 0.25) is 0 Å². The standard InChI is InChI=1S/C12H13BrN4O/c13-9-5-10(16-7-9)12(18)15-3-1-2-8-4-11(14)17-6-8/h1-2,5-7,16H,3-4H2,(H2,14,17)(H,15,18)/b2-1+. The van der Waals surface area contributed by atoms with E-state index in [2.05, 4.69) is 31.2 Å². The molecule has 0 radical (unpaired) electrons. The van der Waals surface area contributed by atoms with Gasteiger partial charge in [-0.2, -0.15) is 0 Å². The average Bonchev–Trinajstić information content (AvgIpc) is 2.93. The Morgan fingerprint density at radius 3 is 3.11 bits per heavy atom. The maximum atomic E-state index is 11.7. The SMILES string of the molecule is NC1=NC=C(/C=C/CNC(=O)c2cc(Br)c[nH]2)C1. The van der Waals surface area contributed by atoms with Gasteiger partial charge in [0.25, 0.3) is 5.91 Å². The highest BCUT2D eigenvalue weighted by molar-refractivity contribution is 9.10. The van der Waals surface area contributed by atoms with Crippen LogP contribution in [0.5, 0.6) is 0 Å². The monoisotopic (exact) mass is 308 g/mol. The number of H-pyrrole nitrogens is 1. The Hall–Kier alpha value is -1.82. The van der Waals surface area contributed by atoms with Crippen molar-refractivity contribution in [2.45, 2.75) is 6.42 Å². The lowest BCUT2D eigenvalue weighted by atomic mass is 10.2. The summed E-state index contributed by atoms with van der Waals surface area (Å²) in [5, 5.41) is 2.77. The highest BCUT2D eigenvalue weighted by Gasteiger charge is 2.06. The first-order valence-corrected chi connectivity index (χ1v) is 6.24. The normalized spacial score (nSPS) is 14.7. The lowest BCUT2D eigenvalue weighted by molar-refractivity contribution is 0.0953. The number of hydrogen-bond acceptors (Lipinski definition) is 3. The van der Waals surface area contributed by atoms with Crippen molar-refractivity contribution in [2.24, 2.45) is 10.7 Å². The van der Waals surface area contributed by atoms with Crippen molar-refractivity contribution in [1.82, 2.24) is 10.3 Å². The second kappa shape index (κ2) is 5.68. The number of nitrogens with zero attached hydrogens (tertiary/aromatic N) is 1. The largest absolute Gasteiger partial charge is 0.387 e. The van der Waals surface area contributed by atoms with Crippen molar-refractivity contribution >= 4 is 27.7 Å². The number of rotatable bonds is 4. The third-order valence-corrected chi connectivity index (χ3v) is 2.84. The Morgan fingerprint density at radius 2 is 2.50 bits per heavy atom. The Labute approximate surface area is 113 Å². The van der Waals surface area contributed by atoms with Crippen LogP contribution in [0, 0.1) is 0 Å². The molecule has 0 spiro atoms. The van der Waals surface area contributed by atoms with Crippen LogP contribution in [0.15, 0.2) is 45.7 Å². The summed E-state index contributed by atoms with van der Waals surface area (Å²) in [5.74, 6) is 0.483. The Bertz CT molecular complexity index is 542. The van der Waals surface area contributed by atoms with Gasteiger partial charge in [0, 0.05) is 29.8 Å². The van der Waals surface area contributed by atoms with Crippen molar-refractivity contribution in [2.75, 3.05) is 6.54 Å². The first-order valence-electron chi connectivity index (χ1n) is 5.45. The molecule has 94 valence electrons. The van der Waals surface area contributed by atoms with Gasteiger partial charge in [-0.1, -0.05) is 12.2 Å². The van der Waals surface area contributed by atoms with Crippen LogP contribution in [0.4, 0.5) is 0 Å². The van der Waals surface area contributed by atoms with Crippen LogP contribution >= 0.6 is 15.9 Å². The number of nitrogens with one attached hydrogen (secondary N) is 2. The maximum Gasteiger partial charge on any atom is 0.267 e. The first-order chi connectivity index (χ1) is 8.65. The van der Waals surface area contributed by atoms with E-state index in [9.17, 15) is 4.79 Å². The number of aliphatic imine (C=N–C) groups is 1. The molecule has 0 aromatic carbocycles. The van der Waals surface area contributed by atoms with Gasteiger partial charge in [0.15, 0.2) is 0 Å². The summed E-state index contributed by atoms with van der Waals surface area (Å²) in [6, 6.07) is 1.73. The highest BCUT2D eigenvalue weighted by Crippen LogP contribution is 2.11. The molecule has 1 aromatic rings. The minimum Gasteiger partial charge on any atom is -0.387 e. The molecule has 18 heavy (non-hydrogen) atoms. The minimum absolute atomic E-state index is 0.137. The molecule has 2 rings (SSSR count). The number of amidine groups is 1. The van der Waals surface area contributed by atoms with Crippen LogP contribution in [0.25, 0.3) is 0 Å². The molecule has 0 fully saturated rings. The van der Waals surface area contributed by atoms with Crippen LogP contribution in [-0.2, 0) is 0 Å². The lowest BCUT2D eigenvalue weighted by Crippen LogP contribution is -2.23. The van der Waals surface area contributed by atoms with Crippen LogP contribution in [0.1, 0.15) is 16.9 Å². The molecule has 5 nitrogen and oxygen atoms in total. The summed E-state index contributed by atoms with van der Waals surface area (Å²) >= 11 is 3.28. The third-order valence-electron chi connectivity index (χ3n) is 2.39. The van der Waals surface area contributed by atoms with E-state index in [0.29, 0.717) is 24.5 Å². The van der Waals surface area contributed by atoms with Crippen LogP contribution in [-0.4, -0.2) is 23.3 Å². The van der Waals surface area contributed by atoms with Crippen molar-refractivity contribution in [3.05, 3.63) is 46.4 Å². The van der Waals surface area contributed by atoms with Gasteiger partial charge >= 0.3 is 0 Å². The fraction of sp³-hybridized carbons (Fsp3) is 0.167. The zero-order valence-corrected chi connectivity index (χ0v) is 11.2. The summed E-state index contributed by atoms with van der Waals surface area (Å²) in [6.07, 6.45) is 7.90. The number of allylic oxidation sites excluding steroid dienone is 1. The van der Waals surface area contributed by atoms with Gasteiger partial charge in [0.05, 0.1) is 0 Å². The van der Waals surface area contributed by atoms with Gasteiger partial charge in [-0.25, -0.2) is 4.99 Å². The smallest absolute Gasteiger partial charge is 0.267 e. The molecule has 1 aliphatic rings. The van der Waals surface area contributed by atoms with Crippen molar-refractivity contribution in [3.8, 4) is 0 Å². The van der Waals surface area contributed by atoms with Gasteiger partial charge < -0.3 is 16.0 Å². The topological polar surface area (TPSA) is 83.3 Å². The van der Waals surface area contributed by atoms with E-state index >= 15 is 0 Å². The van der Waals surface area contributed by atoms with Crippen LogP contribution in [0.2, 0.25) is 0 Å². The first kappa shape index (κ1) is 12.6. The van der Waals surface area contributed by atoms with E-state index in [1.165, 1.54) is 0 Å². The van der Waals surface area contributed by atoms with Gasteiger partial charge in [-0.3, -0.25) is 4.79 Å². The molecule has 1 aliphatic heterocycles. The molecule has 2 heterocycles. The zero-order chi connectivity index (χ0) is 13.0. The molecule has 6 heteroatoms. The quantitative estimate of drug-likeness (QED) is 0.791. The van der Waals surface area contributed by atoms with Crippen molar-refractivity contribution in [3.63, 3.8) is 0 Å². The van der Waals surface area contributed by atoms with Gasteiger partial charge in [-0.15, -0.1) is 0 Å². The number of carbonyl (C=O) groups excluding carboxylic acids is 1. The second-order valence-electron chi connectivity index (χ2n) is 3.85. The number of halogens is 1. The molecule has 4 N–H and O–H groups in total. The third kappa shape index (κ3) is 3.33. The molecule has 0 saturated carbocycles. The summed E-state index contributed by atoms with van der Waals surface area (Å²) < 4.78 is 0.854. The number of aromatic nitrogens is 1. The number of aromatic amines is 1. The minimum atomic E-state index is -0.137. The molecular formula is C12H13BrN4O. The molecule has 1 aromatic heterocycles. The fourth-order valence-electron chi connectivity index (χ4n) is 1.52. The molecule has 0 unspecified atom stereocenters. The van der Waals surface area contributed by atoms with Crippen molar-refractivity contribution < 1.29 is 4.79 Å². The van der Waals surface area contributed by atoms with E-state index in [1.807, 2.05) is 12.2 Å². The predicted molar refractivity (Wildman–Crippen MR) is 74.3 cm³/mol. The molecule has 0 saturated heterocycles. The maximum absolute atomic E-state index is 11.7. The number of hydrogen-bond donors (Lipinski definition) is 3. The van der Waals surface area contributed by atoms with Gasteiger partial charge in [-0.05, 0) is 27.6 Å². The van der Waals surface area contributed by atoms with E-state index in [0.717, 1.165) is 10.0 Å². The number of amides is 1. The lowest BCUT2D eigenvalue weighted by Gasteiger charge is -1.99. The molecule has 0 atom stereocenters. The molecule has 0 aliphatic carbocycles. The molecule has 0 bridgehead atoms. The number of carbonyl (C=O) groups is 1. The Balaban J connectivity index is 1.76. The highest BCUT2D eigenvalue weighted by atomic mass is 79.9. The summed E-state index contributed by atoms with van der Waals surface area (Å²) in [6.45, 7) is 0.465. The van der Waals surface area contributed by atoms with E-state index in [-0.39, 0.29) is 5.91 Å². The fourth-order valence-corrected chi connectivity index (χ4v) is 1.87. The number of nitrogens with two attached hydrogens (primary N) is 1. The zero-order valence-electron chi connectivity index (χ0n) is 9.61. The van der Waals surface area contributed by atoms with E-state index < -0.39 is 0 Å².